The standard InChI is InChI=1S/C13H24BrF3/c1-2-3-4-5-6-7-8-9-10-11-12(14)13(15,16)17/h12H,2-11H2,1H3. The van der Waals surface area contributed by atoms with Gasteiger partial charge in [-0.1, -0.05) is 80.6 Å². The van der Waals surface area contributed by atoms with E-state index >= 15 is 0 Å². The smallest absolute Gasteiger partial charge is 0.170 e. The van der Waals surface area contributed by atoms with Crippen molar-refractivity contribution < 1.29 is 13.2 Å². The summed E-state index contributed by atoms with van der Waals surface area (Å²) in [7, 11) is 0. The summed E-state index contributed by atoms with van der Waals surface area (Å²) in [6.45, 7) is 2.19. The van der Waals surface area contributed by atoms with Gasteiger partial charge >= 0.3 is 6.18 Å². The molecule has 0 aromatic rings. The third kappa shape index (κ3) is 11.1. The molecule has 0 amide bonds. The highest BCUT2D eigenvalue weighted by molar-refractivity contribution is 9.09. The predicted octanol–water partition coefficient (Wildman–Crippen LogP) is 6.23. The van der Waals surface area contributed by atoms with Gasteiger partial charge in [-0.25, -0.2) is 0 Å². The van der Waals surface area contributed by atoms with Crippen LogP contribution in [-0.4, -0.2) is 11.0 Å². The third-order valence-corrected chi connectivity index (χ3v) is 3.89. The molecule has 0 radical (unpaired) electrons. The van der Waals surface area contributed by atoms with Crippen LogP contribution < -0.4 is 0 Å². The van der Waals surface area contributed by atoms with Crippen LogP contribution in [0.2, 0.25) is 0 Å². The zero-order chi connectivity index (χ0) is 13.1. The van der Waals surface area contributed by atoms with Crippen molar-refractivity contribution in [1.29, 1.82) is 0 Å². The van der Waals surface area contributed by atoms with Gasteiger partial charge in [-0.2, -0.15) is 13.2 Å². The van der Waals surface area contributed by atoms with E-state index in [0.717, 1.165) is 12.8 Å². The Balaban J connectivity index is 3.19. The molecule has 4 heteroatoms. The van der Waals surface area contributed by atoms with Crippen LogP contribution in [0, 0.1) is 0 Å². The molecule has 0 aromatic heterocycles. The lowest BCUT2D eigenvalue weighted by atomic mass is 10.1. The molecular weight excluding hydrogens is 293 g/mol. The van der Waals surface area contributed by atoms with Gasteiger partial charge in [0.05, 0.1) is 0 Å². The fourth-order valence-electron chi connectivity index (χ4n) is 1.80. The van der Waals surface area contributed by atoms with Crippen LogP contribution in [0.15, 0.2) is 0 Å². The van der Waals surface area contributed by atoms with Crippen molar-refractivity contribution >= 4 is 15.9 Å². The largest absolute Gasteiger partial charge is 0.401 e. The Morgan fingerprint density at radius 1 is 0.824 bits per heavy atom. The highest BCUT2D eigenvalue weighted by Crippen LogP contribution is 2.30. The van der Waals surface area contributed by atoms with Crippen molar-refractivity contribution in [1.82, 2.24) is 0 Å². The second kappa shape index (κ2) is 10.2. The molecule has 0 aliphatic heterocycles. The minimum Gasteiger partial charge on any atom is -0.170 e. The Morgan fingerprint density at radius 3 is 1.65 bits per heavy atom. The monoisotopic (exact) mass is 316 g/mol. The lowest BCUT2D eigenvalue weighted by molar-refractivity contribution is -0.128. The summed E-state index contributed by atoms with van der Waals surface area (Å²) < 4.78 is 36.5. The molecule has 0 rings (SSSR count). The van der Waals surface area contributed by atoms with Gasteiger partial charge in [0.2, 0.25) is 0 Å². The van der Waals surface area contributed by atoms with Crippen molar-refractivity contribution in [2.75, 3.05) is 0 Å². The maximum absolute atomic E-state index is 12.2. The van der Waals surface area contributed by atoms with E-state index in [0.29, 0.717) is 6.42 Å². The summed E-state index contributed by atoms with van der Waals surface area (Å²) in [4.78, 5) is -1.32. The second-order valence-corrected chi connectivity index (χ2v) is 5.73. The number of rotatable bonds is 10. The molecule has 0 aliphatic rings. The predicted molar refractivity (Wildman–Crippen MR) is 70.6 cm³/mol. The van der Waals surface area contributed by atoms with Gasteiger partial charge in [-0.3, -0.25) is 0 Å². The Morgan fingerprint density at radius 2 is 1.24 bits per heavy atom. The van der Waals surface area contributed by atoms with Gasteiger partial charge < -0.3 is 0 Å². The van der Waals surface area contributed by atoms with Crippen LogP contribution in [0.1, 0.15) is 71.1 Å². The molecule has 1 atom stereocenters. The Hall–Kier alpha value is 0.270. The normalized spacial score (nSPS) is 13.9. The second-order valence-electron chi connectivity index (χ2n) is 4.63. The summed E-state index contributed by atoms with van der Waals surface area (Å²) in [5.74, 6) is 0. The minimum atomic E-state index is -4.08. The summed E-state index contributed by atoms with van der Waals surface area (Å²) in [6, 6.07) is 0. The van der Waals surface area contributed by atoms with E-state index in [2.05, 4.69) is 22.9 Å². The maximum Gasteiger partial charge on any atom is 0.401 e. The van der Waals surface area contributed by atoms with Crippen LogP contribution in [-0.2, 0) is 0 Å². The molecule has 0 saturated heterocycles. The third-order valence-electron chi connectivity index (χ3n) is 2.92. The quantitative estimate of drug-likeness (QED) is 0.331. The van der Waals surface area contributed by atoms with Gasteiger partial charge in [-0.05, 0) is 6.42 Å². The van der Waals surface area contributed by atoms with Crippen LogP contribution in [0.5, 0.6) is 0 Å². The number of alkyl halides is 4. The van der Waals surface area contributed by atoms with E-state index in [1.807, 2.05) is 0 Å². The molecule has 0 N–H and O–H groups in total. The fraction of sp³-hybridized carbons (Fsp3) is 1.00. The molecule has 0 nitrogen and oxygen atoms in total. The first-order valence-electron chi connectivity index (χ1n) is 6.69. The number of unbranched alkanes of at least 4 members (excludes halogenated alkanes) is 8. The minimum absolute atomic E-state index is 0.208. The van der Waals surface area contributed by atoms with Gasteiger partial charge in [-0.15, -0.1) is 0 Å². The maximum atomic E-state index is 12.2. The zero-order valence-electron chi connectivity index (χ0n) is 10.7. The van der Waals surface area contributed by atoms with Crippen LogP contribution in [0.25, 0.3) is 0 Å². The molecule has 0 spiro atoms. The first kappa shape index (κ1) is 17.3. The van der Waals surface area contributed by atoms with Crippen molar-refractivity contribution in [2.45, 2.75) is 82.1 Å². The average Bonchev–Trinajstić information content (AvgIpc) is 2.25. The number of hydrogen-bond acceptors (Lipinski definition) is 0. The summed E-state index contributed by atoms with van der Waals surface area (Å²) in [5.41, 5.74) is 0. The topological polar surface area (TPSA) is 0 Å². The van der Waals surface area contributed by atoms with E-state index in [1.165, 1.54) is 38.5 Å². The van der Waals surface area contributed by atoms with Crippen LogP contribution in [0.4, 0.5) is 13.2 Å². The SMILES string of the molecule is CCCCCCCCCCCC(Br)C(F)(F)F. The molecule has 0 fully saturated rings. The molecule has 104 valence electrons. The van der Waals surface area contributed by atoms with E-state index in [9.17, 15) is 13.2 Å². The first-order chi connectivity index (χ1) is 7.98. The lowest BCUT2D eigenvalue weighted by Crippen LogP contribution is -2.22. The van der Waals surface area contributed by atoms with Crippen LogP contribution in [0.3, 0.4) is 0 Å². The molecule has 0 aliphatic carbocycles. The van der Waals surface area contributed by atoms with E-state index in [1.54, 1.807) is 0 Å². The molecule has 0 heterocycles. The summed E-state index contributed by atoms with van der Waals surface area (Å²) in [5, 5.41) is 0. The molecule has 17 heavy (non-hydrogen) atoms. The lowest BCUT2D eigenvalue weighted by Gasteiger charge is -2.13. The van der Waals surface area contributed by atoms with E-state index in [4.69, 9.17) is 0 Å². The fourth-order valence-corrected chi connectivity index (χ4v) is 2.12. The summed E-state index contributed by atoms with van der Waals surface area (Å²) >= 11 is 2.68. The van der Waals surface area contributed by atoms with Crippen molar-refractivity contribution in [3.05, 3.63) is 0 Å². The van der Waals surface area contributed by atoms with Gasteiger partial charge in [0, 0.05) is 0 Å². The van der Waals surface area contributed by atoms with Gasteiger partial charge in [0.25, 0.3) is 0 Å². The molecule has 0 saturated carbocycles. The van der Waals surface area contributed by atoms with Gasteiger partial charge in [0.15, 0.2) is 0 Å². The van der Waals surface area contributed by atoms with Crippen molar-refractivity contribution in [3.63, 3.8) is 0 Å². The van der Waals surface area contributed by atoms with E-state index < -0.39 is 11.0 Å². The Bertz CT molecular complexity index is 169. The van der Waals surface area contributed by atoms with Crippen LogP contribution >= 0.6 is 15.9 Å². The van der Waals surface area contributed by atoms with Crippen molar-refractivity contribution in [3.8, 4) is 0 Å². The molecule has 0 aromatic carbocycles. The first-order valence-corrected chi connectivity index (χ1v) is 7.60. The zero-order valence-corrected chi connectivity index (χ0v) is 12.2. The summed E-state index contributed by atoms with van der Waals surface area (Å²) in [6.07, 6.45) is 6.33. The Kier molecular flexibility index (Phi) is 10.4. The highest BCUT2D eigenvalue weighted by atomic mass is 79.9. The molecular formula is C13H24BrF3. The molecule has 1 unspecified atom stereocenters. The average molecular weight is 317 g/mol. The Labute approximate surface area is 111 Å². The highest BCUT2D eigenvalue weighted by Gasteiger charge is 2.36. The van der Waals surface area contributed by atoms with E-state index in [-0.39, 0.29) is 6.42 Å². The number of hydrogen-bond donors (Lipinski definition) is 0. The number of halogens is 4. The van der Waals surface area contributed by atoms with Crippen molar-refractivity contribution in [2.24, 2.45) is 0 Å². The molecule has 0 bridgehead atoms. The van der Waals surface area contributed by atoms with Gasteiger partial charge in [0.1, 0.15) is 4.83 Å².